The van der Waals surface area contributed by atoms with Crippen LogP contribution in [0.2, 0.25) is 0 Å². The van der Waals surface area contributed by atoms with Crippen molar-refractivity contribution in [3.8, 4) is 0 Å². The maximum absolute atomic E-state index is 9.86. The van der Waals surface area contributed by atoms with Crippen LogP contribution >= 0.6 is 0 Å². The van der Waals surface area contributed by atoms with Gasteiger partial charge in [0, 0.05) is 0 Å². The molecular weight excluding hydrogens is 376 g/mol. The molecule has 2 atom stereocenters. The van der Waals surface area contributed by atoms with Crippen LogP contribution in [0.4, 0.5) is 0 Å². The fourth-order valence-electron chi connectivity index (χ4n) is 0.478. The van der Waals surface area contributed by atoms with Crippen LogP contribution in [0.1, 0.15) is 19.8 Å². The minimum absolute atomic E-state index is 0.278. The minimum atomic E-state index is -1.18. The summed E-state index contributed by atoms with van der Waals surface area (Å²) in [7, 11) is 0. The molecule has 0 aromatic carbocycles. The Kier molecular flexibility index (Phi) is 26.0. The maximum atomic E-state index is 9.86. The second kappa shape index (κ2) is 21.7. The predicted molar refractivity (Wildman–Crippen MR) is 88.7 cm³/mol. The Labute approximate surface area is 154 Å². The number of carbonyl (C=O) groups is 4. The Balaban J connectivity index is -0.000000133. The molecule has 0 rings (SSSR count). The lowest BCUT2D eigenvalue weighted by Gasteiger charge is -2.06. The van der Waals surface area contributed by atoms with Gasteiger partial charge in [0.15, 0.2) is 0 Å². The summed E-state index contributed by atoms with van der Waals surface area (Å²) in [6.07, 6.45) is -2.53. The summed E-state index contributed by atoms with van der Waals surface area (Å²) in [6, 6.07) is -1.16. The van der Waals surface area contributed by atoms with Crippen molar-refractivity contribution in [2.75, 3.05) is 19.8 Å². The average Bonchev–Trinajstić information content (AvgIpc) is 2.59. The fourth-order valence-corrected chi connectivity index (χ4v) is 0.478. The maximum Gasteiger partial charge on any atom is 0.323 e. The van der Waals surface area contributed by atoms with E-state index in [1.165, 1.54) is 6.92 Å². The van der Waals surface area contributed by atoms with E-state index in [2.05, 4.69) is 5.73 Å². The second-order valence-corrected chi connectivity index (χ2v) is 4.51. The first-order chi connectivity index (χ1) is 12.3. The van der Waals surface area contributed by atoms with Gasteiger partial charge in [0.2, 0.25) is 0 Å². The number of aliphatic hydroxyl groups is 4. The van der Waals surface area contributed by atoms with Gasteiger partial charge in [-0.3, -0.25) is 19.2 Å². The van der Waals surface area contributed by atoms with Gasteiger partial charge in [-0.05, 0) is 6.92 Å². The van der Waals surface area contributed by atoms with Crippen LogP contribution in [0.25, 0.3) is 0 Å². The highest BCUT2D eigenvalue weighted by Gasteiger charge is 2.16. The lowest BCUT2D eigenvalue weighted by molar-refractivity contribution is -0.143. The van der Waals surface area contributed by atoms with E-state index in [-0.39, 0.29) is 32.6 Å². The van der Waals surface area contributed by atoms with Crippen molar-refractivity contribution in [3.05, 3.63) is 0 Å². The van der Waals surface area contributed by atoms with Gasteiger partial charge in [0.1, 0.15) is 12.1 Å². The third kappa shape index (κ3) is 40.0. The number of carboxylic acid groups (broad SMARTS) is 4. The Bertz CT molecular complexity index is 398. The van der Waals surface area contributed by atoms with Gasteiger partial charge in [-0.25, -0.2) is 0 Å². The van der Waals surface area contributed by atoms with Crippen molar-refractivity contribution in [2.45, 2.75) is 38.0 Å². The van der Waals surface area contributed by atoms with Crippen molar-refractivity contribution < 1.29 is 60.0 Å². The van der Waals surface area contributed by atoms with Crippen molar-refractivity contribution >= 4 is 23.9 Å². The minimum Gasteiger partial charge on any atom is -0.481 e. The van der Waals surface area contributed by atoms with E-state index in [1.54, 1.807) is 0 Å². The number of hydrogen-bond acceptors (Lipinski definition) is 10. The molecule has 0 amide bonds. The Morgan fingerprint density at radius 2 is 1.11 bits per heavy atom. The molecule has 0 radical (unpaired) electrons. The summed E-state index contributed by atoms with van der Waals surface area (Å²) in [5, 5.41) is 64.0. The third-order valence-electron chi connectivity index (χ3n) is 1.95. The molecule has 0 saturated heterocycles. The summed E-state index contributed by atoms with van der Waals surface area (Å²) < 4.78 is 0. The second-order valence-electron chi connectivity index (χ2n) is 4.51. The Morgan fingerprint density at radius 3 is 1.15 bits per heavy atom. The molecule has 162 valence electrons. The molecule has 0 bridgehead atoms. The highest BCUT2D eigenvalue weighted by Crippen LogP contribution is 1.86. The zero-order valence-corrected chi connectivity index (χ0v) is 14.6. The number of aliphatic hydroxyl groups excluding tert-OH is 4. The molecule has 0 heterocycles. The molecule has 14 nitrogen and oxygen atoms in total. The smallest absolute Gasteiger partial charge is 0.323 e. The molecule has 0 aliphatic heterocycles. The largest absolute Gasteiger partial charge is 0.481 e. The van der Waals surface area contributed by atoms with Gasteiger partial charge >= 0.3 is 23.9 Å². The third-order valence-corrected chi connectivity index (χ3v) is 1.95. The van der Waals surface area contributed by atoms with Gasteiger partial charge in [-0.15, -0.1) is 0 Å². The molecular formula is C13H28N2O12. The van der Waals surface area contributed by atoms with E-state index < -0.39 is 42.1 Å². The predicted octanol–water partition coefficient (Wildman–Crippen LogP) is -3.92. The Morgan fingerprint density at radius 1 is 0.815 bits per heavy atom. The molecule has 27 heavy (non-hydrogen) atoms. The quantitative estimate of drug-likeness (QED) is 0.185. The van der Waals surface area contributed by atoms with Crippen LogP contribution in [0.3, 0.4) is 0 Å². The highest BCUT2D eigenvalue weighted by atomic mass is 16.4. The van der Waals surface area contributed by atoms with Gasteiger partial charge < -0.3 is 52.3 Å². The lowest BCUT2D eigenvalue weighted by atomic mass is 10.2. The number of aliphatic carboxylic acids is 4. The molecule has 0 aromatic rings. The molecule has 0 aliphatic rings. The first kappa shape index (κ1) is 32.3. The van der Waals surface area contributed by atoms with Gasteiger partial charge in [-0.1, -0.05) is 0 Å². The molecule has 0 aromatic heterocycles. The van der Waals surface area contributed by atoms with Crippen LogP contribution in [0, 0.1) is 0 Å². The van der Waals surface area contributed by atoms with Crippen molar-refractivity contribution in [2.24, 2.45) is 11.5 Å². The summed E-state index contributed by atoms with van der Waals surface area (Å²) in [5.74, 6) is -4.30. The topological polar surface area (TPSA) is 282 Å². The Hall–Kier alpha value is -2.36. The van der Waals surface area contributed by atoms with Crippen LogP contribution in [0.5, 0.6) is 0 Å². The standard InChI is InChI=1S/C4H9NO3.C4H6O4.C3H8O3.C2H5NO2/c1-2(6)3(5)4(7)8;5-3(6)1-2-4(7)8;4-1-3(6)2-5;3-1-2(4)5/h2-3,6H,5H2,1H3,(H,7,8);1-2H2,(H,5,6)(H,7,8);3-6H,1-2H2;1,3H2,(H,4,5)/t2-,3+;;;/m1.../s1. The highest BCUT2D eigenvalue weighted by molar-refractivity contribution is 5.75. The van der Waals surface area contributed by atoms with E-state index in [0.29, 0.717) is 0 Å². The van der Waals surface area contributed by atoms with E-state index >= 15 is 0 Å². The van der Waals surface area contributed by atoms with Gasteiger partial charge in [0.05, 0.1) is 38.7 Å². The van der Waals surface area contributed by atoms with Gasteiger partial charge in [0.25, 0.3) is 0 Å². The first-order valence-corrected chi connectivity index (χ1v) is 7.18. The van der Waals surface area contributed by atoms with Crippen LogP contribution in [-0.2, 0) is 19.2 Å². The first-order valence-electron chi connectivity index (χ1n) is 7.18. The zero-order chi connectivity index (χ0) is 22.6. The van der Waals surface area contributed by atoms with Gasteiger partial charge in [-0.2, -0.15) is 0 Å². The van der Waals surface area contributed by atoms with Crippen LogP contribution < -0.4 is 11.5 Å². The van der Waals surface area contributed by atoms with E-state index in [9.17, 15) is 19.2 Å². The van der Waals surface area contributed by atoms with Crippen molar-refractivity contribution in [1.29, 1.82) is 0 Å². The molecule has 0 fully saturated rings. The fraction of sp³-hybridized carbons (Fsp3) is 0.692. The SMILES string of the molecule is C[C@@H](O)[C@H](N)C(=O)O.NCC(=O)O.O=C(O)CCC(=O)O.OCC(O)CO. The molecule has 12 N–H and O–H groups in total. The van der Waals surface area contributed by atoms with E-state index in [4.69, 9.17) is 46.6 Å². The number of nitrogens with two attached hydrogens (primary N) is 2. The van der Waals surface area contributed by atoms with Crippen molar-refractivity contribution in [3.63, 3.8) is 0 Å². The van der Waals surface area contributed by atoms with Crippen LogP contribution in [-0.4, -0.2) is 103 Å². The normalized spacial score (nSPS) is 11.3. The molecule has 14 heteroatoms. The molecule has 0 unspecified atom stereocenters. The molecule has 0 saturated carbocycles. The number of carboxylic acids is 4. The number of rotatable bonds is 8. The van der Waals surface area contributed by atoms with E-state index in [0.717, 1.165) is 0 Å². The number of hydrogen-bond donors (Lipinski definition) is 10. The van der Waals surface area contributed by atoms with Crippen molar-refractivity contribution in [1.82, 2.24) is 0 Å². The summed E-state index contributed by atoms with van der Waals surface area (Å²) in [5.41, 5.74) is 9.48. The van der Waals surface area contributed by atoms with Crippen LogP contribution in [0.15, 0.2) is 0 Å². The zero-order valence-electron chi connectivity index (χ0n) is 14.6. The molecule has 0 spiro atoms. The average molecular weight is 404 g/mol. The van der Waals surface area contributed by atoms with E-state index in [1.807, 2.05) is 0 Å². The lowest BCUT2D eigenvalue weighted by Crippen LogP contribution is -2.39. The summed E-state index contributed by atoms with van der Waals surface area (Å²) >= 11 is 0. The summed E-state index contributed by atoms with van der Waals surface area (Å²) in [6.45, 7) is 0.325. The molecule has 0 aliphatic carbocycles. The summed E-state index contributed by atoms with van der Waals surface area (Å²) in [4.78, 5) is 38.4. The monoisotopic (exact) mass is 404 g/mol.